The molecule has 1 aromatic heterocycles. The lowest BCUT2D eigenvalue weighted by Crippen LogP contribution is -2.19. The van der Waals surface area contributed by atoms with Crippen LogP contribution in [0.4, 0.5) is 0 Å². The van der Waals surface area contributed by atoms with Crippen molar-refractivity contribution >= 4 is 0 Å². The van der Waals surface area contributed by atoms with Crippen LogP contribution in [0.3, 0.4) is 0 Å². The Kier molecular flexibility index (Phi) is 4.48. The maximum absolute atomic E-state index is 4.52. The molecule has 1 N–H and O–H groups in total. The van der Waals surface area contributed by atoms with Crippen molar-refractivity contribution in [2.24, 2.45) is 0 Å². The minimum absolute atomic E-state index is 0.224. The van der Waals surface area contributed by atoms with E-state index in [4.69, 9.17) is 0 Å². The van der Waals surface area contributed by atoms with Crippen LogP contribution in [0.2, 0.25) is 0 Å². The van der Waals surface area contributed by atoms with E-state index in [-0.39, 0.29) is 6.04 Å². The maximum atomic E-state index is 4.52. The second-order valence-corrected chi connectivity index (χ2v) is 4.42. The topological polar surface area (TPSA) is 24.9 Å². The Bertz CT molecular complexity index is 479. The van der Waals surface area contributed by atoms with E-state index >= 15 is 0 Å². The molecule has 0 bridgehead atoms. The summed E-state index contributed by atoms with van der Waals surface area (Å²) in [6.45, 7) is 2.19. The predicted octanol–water partition coefficient (Wildman–Crippen LogP) is 3.34. The summed E-state index contributed by atoms with van der Waals surface area (Å²) >= 11 is 0. The summed E-state index contributed by atoms with van der Waals surface area (Å²) in [6.07, 6.45) is 4.03. The third-order valence-corrected chi connectivity index (χ3v) is 3.14. The number of nitrogens with one attached hydrogen (secondary N) is 1. The van der Waals surface area contributed by atoms with Crippen molar-refractivity contribution in [3.05, 3.63) is 65.5 Å². The number of hydrogen-bond acceptors (Lipinski definition) is 2. The van der Waals surface area contributed by atoms with Crippen molar-refractivity contribution < 1.29 is 0 Å². The Morgan fingerprint density at radius 2 is 1.89 bits per heavy atom. The molecule has 0 amide bonds. The molecule has 0 aliphatic heterocycles. The van der Waals surface area contributed by atoms with Gasteiger partial charge in [-0.05, 0) is 30.7 Å². The van der Waals surface area contributed by atoms with Crippen LogP contribution in [-0.4, -0.2) is 12.0 Å². The van der Waals surface area contributed by atoms with Gasteiger partial charge in [-0.25, -0.2) is 0 Å². The lowest BCUT2D eigenvalue weighted by molar-refractivity contribution is 0.673. The third kappa shape index (κ3) is 2.77. The zero-order valence-corrected chi connectivity index (χ0v) is 11.1. The summed E-state index contributed by atoms with van der Waals surface area (Å²) in [7, 11) is 2.00. The molecule has 0 fully saturated rings. The second kappa shape index (κ2) is 6.31. The van der Waals surface area contributed by atoms with Crippen LogP contribution in [0, 0.1) is 0 Å². The molecular formula is C16H20N2. The fourth-order valence-corrected chi connectivity index (χ4v) is 2.31. The standard InChI is InChI=1S/C16H20N2/c1-3-8-15-14(11-7-12-18-15)16(17-2)13-9-5-4-6-10-13/h4-7,9-12,16-17H,3,8H2,1-2H3. The number of nitrogens with zero attached hydrogens (tertiary/aromatic N) is 1. The Balaban J connectivity index is 2.39. The lowest BCUT2D eigenvalue weighted by atomic mass is 9.96. The van der Waals surface area contributed by atoms with Crippen molar-refractivity contribution in [3.63, 3.8) is 0 Å². The van der Waals surface area contributed by atoms with Crippen LogP contribution < -0.4 is 5.32 Å². The molecule has 1 heterocycles. The normalized spacial score (nSPS) is 12.3. The molecule has 94 valence electrons. The van der Waals surface area contributed by atoms with Gasteiger partial charge in [-0.1, -0.05) is 49.7 Å². The molecular weight excluding hydrogens is 220 g/mol. The summed E-state index contributed by atoms with van der Waals surface area (Å²) in [5.41, 5.74) is 3.77. The molecule has 0 aliphatic carbocycles. The summed E-state index contributed by atoms with van der Waals surface area (Å²) in [6, 6.07) is 14.9. The van der Waals surface area contributed by atoms with Gasteiger partial charge in [0.2, 0.25) is 0 Å². The van der Waals surface area contributed by atoms with Gasteiger partial charge in [-0.3, -0.25) is 4.98 Å². The first-order valence-corrected chi connectivity index (χ1v) is 6.52. The Labute approximate surface area is 109 Å². The molecule has 0 aliphatic rings. The molecule has 1 aromatic carbocycles. The third-order valence-electron chi connectivity index (χ3n) is 3.14. The Morgan fingerprint density at radius 1 is 1.11 bits per heavy atom. The van der Waals surface area contributed by atoms with Crippen LogP contribution in [-0.2, 0) is 6.42 Å². The monoisotopic (exact) mass is 240 g/mol. The number of rotatable bonds is 5. The average molecular weight is 240 g/mol. The largest absolute Gasteiger partial charge is 0.309 e. The van der Waals surface area contributed by atoms with E-state index in [9.17, 15) is 0 Å². The molecule has 2 rings (SSSR count). The van der Waals surface area contributed by atoms with Crippen molar-refractivity contribution in [1.29, 1.82) is 0 Å². The van der Waals surface area contributed by atoms with Crippen molar-refractivity contribution in [2.75, 3.05) is 7.05 Å². The van der Waals surface area contributed by atoms with Crippen molar-refractivity contribution in [2.45, 2.75) is 25.8 Å². The van der Waals surface area contributed by atoms with Crippen molar-refractivity contribution in [3.8, 4) is 0 Å². The Morgan fingerprint density at radius 3 is 2.56 bits per heavy atom. The molecule has 1 atom stereocenters. The molecule has 2 nitrogen and oxygen atoms in total. The molecule has 18 heavy (non-hydrogen) atoms. The van der Waals surface area contributed by atoms with Gasteiger partial charge in [0, 0.05) is 11.9 Å². The van der Waals surface area contributed by atoms with Gasteiger partial charge in [0.15, 0.2) is 0 Å². The number of aromatic nitrogens is 1. The van der Waals surface area contributed by atoms with E-state index in [1.807, 2.05) is 25.4 Å². The van der Waals surface area contributed by atoms with Gasteiger partial charge < -0.3 is 5.32 Å². The molecule has 2 heteroatoms. The van der Waals surface area contributed by atoms with Crippen LogP contribution in [0.25, 0.3) is 0 Å². The number of pyridine rings is 1. The fourth-order valence-electron chi connectivity index (χ4n) is 2.31. The van der Waals surface area contributed by atoms with Crippen LogP contribution >= 0.6 is 0 Å². The van der Waals surface area contributed by atoms with Crippen LogP contribution in [0.15, 0.2) is 48.7 Å². The highest BCUT2D eigenvalue weighted by molar-refractivity contribution is 5.34. The highest BCUT2D eigenvalue weighted by Gasteiger charge is 2.15. The first-order chi connectivity index (χ1) is 8.86. The first-order valence-electron chi connectivity index (χ1n) is 6.52. The predicted molar refractivity (Wildman–Crippen MR) is 75.6 cm³/mol. The van der Waals surface area contributed by atoms with Gasteiger partial charge in [0.1, 0.15) is 0 Å². The number of aryl methyl sites for hydroxylation is 1. The van der Waals surface area contributed by atoms with Gasteiger partial charge >= 0.3 is 0 Å². The summed E-state index contributed by atoms with van der Waals surface area (Å²) in [4.78, 5) is 4.52. The minimum atomic E-state index is 0.224. The smallest absolute Gasteiger partial charge is 0.0592 e. The maximum Gasteiger partial charge on any atom is 0.0592 e. The Hall–Kier alpha value is -1.67. The number of hydrogen-bond donors (Lipinski definition) is 1. The van der Waals surface area contributed by atoms with Gasteiger partial charge in [-0.2, -0.15) is 0 Å². The van der Waals surface area contributed by atoms with E-state index < -0.39 is 0 Å². The highest BCUT2D eigenvalue weighted by Crippen LogP contribution is 2.24. The first kappa shape index (κ1) is 12.8. The summed E-state index contributed by atoms with van der Waals surface area (Å²) < 4.78 is 0. The SMILES string of the molecule is CCCc1ncccc1C(NC)c1ccccc1. The molecule has 0 radical (unpaired) electrons. The minimum Gasteiger partial charge on any atom is -0.309 e. The van der Waals surface area contributed by atoms with Crippen molar-refractivity contribution in [1.82, 2.24) is 10.3 Å². The number of benzene rings is 1. The zero-order valence-electron chi connectivity index (χ0n) is 11.1. The van der Waals surface area contributed by atoms with Crippen LogP contribution in [0.5, 0.6) is 0 Å². The van der Waals surface area contributed by atoms with E-state index in [0.29, 0.717) is 0 Å². The van der Waals surface area contributed by atoms with E-state index in [1.165, 1.54) is 16.8 Å². The summed E-state index contributed by atoms with van der Waals surface area (Å²) in [5, 5.41) is 3.39. The van der Waals surface area contributed by atoms with E-state index in [1.54, 1.807) is 0 Å². The van der Waals surface area contributed by atoms with Gasteiger partial charge in [0.05, 0.1) is 6.04 Å². The van der Waals surface area contributed by atoms with Crippen LogP contribution in [0.1, 0.15) is 36.2 Å². The lowest BCUT2D eigenvalue weighted by Gasteiger charge is -2.19. The summed E-state index contributed by atoms with van der Waals surface area (Å²) in [5.74, 6) is 0. The zero-order chi connectivity index (χ0) is 12.8. The second-order valence-electron chi connectivity index (χ2n) is 4.42. The molecule has 2 aromatic rings. The molecule has 1 unspecified atom stereocenters. The molecule has 0 saturated heterocycles. The highest BCUT2D eigenvalue weighted by atomic mass is 14.9. The van der Waals surface area contributed by atoms with Gasteiger partial charge in [-0.15, -0.1) is 0 Å². The average Bonchev–Trinajstić information content (AvgIpc) is 2.43. The van der Waals surface area contributed by atoms with E-state index in [2.05, 4.69) is 47.6 Å². The molecule has 0 saturated carbocycles. The quantitative estimate of drug-likeness (QED) is 0.867. The van der Waals surface area contributed by atoms with Gasteiger partial charge in [0.25, 0.3) is 0 Å². The fraction of sp³-hybridized carbons (Fsp3) is 0.312. The molecule has 0 spiro atoms. The van der Waals surface area contributed by atoms with E-state index in [0.717, 1.165) is 12.8 Å².